The van der Waals surface area contributed by atoms with Gasteiger partial charge in [0.2, 0.25) is 0 Å². The molecule has 0 radical (unpaired) electrons. The summed E-state index contributed by atoms with van der Waals surface area (Å²) < 4.78 is 36.9. The second-order valence-corrected chi connectivity index (χ2v) is 1.50. The number of carboxylic acids is 1. The smallest absolute Gasteiger partial charge is 0.465 e. The molecule has 0 atom stereocenters. The quantitative estimate of drug-likeness (QED) is 0.424. The largest absolute Gasteiger partial charge is 0.520 e. The van der Waals surface area contributed by atoms with Gasteiger partial charge in [-0.05, 0) is 0 Å². The van der Waals surface area contributed by atoms with Crippen molar-refractivity contribution in [2.45, 2.75) is 6.08 Å². The van der Waals surface area contributed by atoms with Crippen LogP contribution in [0.2, 0.25) is 0 Å². The highest BCUT2D eigenvalue weighted by molar-refractivity contribution is 6.41. The van der Waals surface area contributed by atoms with Crippen molar-refractivity contribution in [3.8, 4) is 0 Å². The number of aliphatic carboxylic acids is 1. The van der Waals surface area contributed by atoms with E-state index in [0.29, 0.717) is 0 Å². The van der Waals surface area contributed by atoms with Crippen LogP contribution < -0.4 is 0 Å². The first-order valence-corrected chi connectivity index (χ1v) is 2.30. The summed E-state index contributed by atoms with van der Waals surface area (Å²) in [5.41, 5.74) is 0. The predicted molar refractivity (Wildman–Crippen MR) is 26.9 cm³/mol. The minimum Gasteiger partial charge on any atom is -0.520 e. The fourth-order valence-corrected chi connectivity index (χ4v) is 0.209. The Morgan fingerprint density at radius 1 is 1.36 bits per heavy atom. The van der Waals surface area contributed by atoms with Gasteiger partial charge < -0.3 is 9.76 Å². The fraction of sp³-hybridized carbons (Fsp3) is 0.333. The minimum atomic E-state index is -4.69. The zero-order chi connectivity index (χ0) is 9.07. The van der Waals surface area contributed by atoms with E-state index in [1.165, 1.54) is 0 Å². The summed E-state index contributed by atoms with van der Waals surface area (Å²) in [6.07, 6.45) is -4.69. The lowest BCUT2D eigenvalue weighted by Crippen LogP contribution is -2.27. The number of rotatable bonds is 1. The van der Waals surface area contributed by atoms with Gasteiger partial charge in [-0.2, -0.15) is 13.2 Å². The van der Waals surface area contributed by atoms with Crippen LogP contribution in [0, 0.1) is 0 Å². The normalized spacial score (nSPS) is 10.5. The number of halogens is 3. The van der Waals surface area contributed by atoms with E-state index in [1.807, 2.05) is 0 Å². The van der Waals surface area contributed by atoms with Gasteiger partial charge in [0.15, 0.2) is 0 Å². The molecule has 0 bridgehead atoms. The average molecular weight is 170 g/mol. The van der Waals surface area contributed by atoms with Gasteiger partial charge >= 0.3 is 25.5 Å². The number of alkyl halides is 3. The molecule has 0 rings (SSSR count). The highest BCUT2D eigenvalue weighted by atomic mass is 19.4. The third-order valence-corrected chi connectivity index (χ3v) is 0.542. The monoisotopic (exact) mass is 170 g/mol. The van der Waals surface area contributed by atoms with Crippen LogP contribution in [0.5, 0.6) is 0 Å². The van der Waals surface area contributed by atoms with Crippen molar-refractivity contribution >= 4 is 19.4 Å². The molecular formula is C3H2BF3O4. The van der Waals surface area contributed by atoms with Crippen LogP contribution in [0.1, 0.15) is 0 Å². The van der Waals surface area contributed by atoms with E-state index < -0.39 is 25.5 Å². The van der Waals surface area contributed by atoms with Crippen LogP contribution in [0.25, 0.3) is 0 Å². The molecule has 0 aliphatic carbocycles. The van der Waals surface area contributed by atoms with Crippen LogP contribution in [0.4, 0.5) is 13.2 Å². The van der Waals surface area contributed by atoms with E-state index in [1.54, 1.807) is 0 Å². The first-order chi connectivity index (χ1) is 4.83. The second-order valence-electron chi connectivity index (χ2n) is 1.50. The van der Waals surface area contributed by atoms with Crippen molar-refractivity contribution in [2.75, 3.05) is 0 Å². The molecule has 0 fully saturated rings. The SMILES string of the molecule is O=C(O)C(=O)OBC(F)(F)F. The zero-order valence-corrected chi connectivity index (χ0v) is 5.01. The highest BCUT2D eigenvalue weighted by Gasteiger charge is 2.34. The number of hydrogen-bond acceptors (Lipinski definition) is 3. The van der Waals surface area contributed by atoms with Crippen LogP contribution in [-0.4, -0.2) is 30.6 Å². The lowest BCUT2D eigenvalue weighted by atomic mass is 10.0. The van der Waals surface area contributed by atoms with Gasteiger partial charge in [-0.25, -0.2) is 9.59 Å². The lowest BCUT2D eigenvalue weighted by molar-refractivity contribution is -0.159. The maximum atomic E-state index is 11.2. The van der Waals surface area contributed by atoms with Gasteiger partial charge in [0.25, 0.3) is 0 Å². The first kappa shape index (κ1) is 9.79. The molecule has 0 aromatic heterocycles. The van der Waals surface area contributed by atoms with E-state index in [9.17, 15) is 22.8 Å². The third-order valence-electron chi connectivity index (χ3n) is 0.542. The Morgan fingerprint density at radius 3 is 2.09 bits per heavy atom. The van der Waals surface area contributed by atoms with E-state index in [2.05, 4.69) is 4.65 Å². The topological polar surface area (TPSA) is 63.6 Å². The second kappa shape index (κ2) is 3.26. The predicted octanol–water partition coefficient (Wildman–Crippen LogP) is -0.515. The molecule has 0 amide bonds. The molecule has 0 spiro atoms. The molecule has 0 heterocycles. The maximum absolute atomic E-state index is 11.2. The number of hydrogen-bond donors (Lipinski definition) is 1. The van der Waals surface area contributed by atoms with Crippen LogP contribution >= 0.6 is 0 Å². The van der Waals surface area contributed by atoms with Crippen molar-refractivity contribution in [3.05, 3.63) is 0 Å². The summed E-state index contributed by atoms with van der Waals surface area (Å²) in [6, 6.07) is 0. The van der Waals surface area contributed by atoms with E-state index in [-0.39, 0.29) is 0 Å². The molecule has 0 saturated heterocycles. The molecule has 0 saturated carbocycles. The summed E-state index contributed by atoms with van der Waals surface area (Å²) in [7, 11) is -1.88. The van der Waals surface area contributed by atoms with E-state index >= 15 is 0 Å². The zero-order valence-electron chi connectivity index (χ0n) is 5.01. The van der Waals surface area contributed by atoms with Gasteiger partial charge in [-0.1, -0.05) is 0 Å². The average Bonchev–Trinajstić information content (AvgIpc) is 1.80. The van der Waals surface area contributed by atoms with Crippen LogP contribution in [-0.2, 0) is 14.2 Å². The van der Waals surface area contributed by atoms with Gasteiger partial charge in [-0.15, -0.1) is 0 Å². The van der Waals surface area contributed by atoms with Crippen molar-refractivity contribution in [2.24, 2.45) is 0 Å². The maximum Gasteiger partial charge on any atom is 0.465 e. The van der Waals surface area contributed by atoms with Gasteiger partial charge in [0.05, 0.1) is 0 Å². The Bertz CT molecular complexity index is 176. The molecular weight excluding hydrogens is 168 g/mol. The fourth-order valence-electron chi connectivity index (χ4n) is 0.209. The molecule has 62 valence electrons. The number of carbonyl (C=O) groups is 2. The van der Waals surface area contributed by atoms with E-state index in [0.717, 1.165) is 0 Å². The van der Waals surface area contributed by atoms with Gasteiger partial charge in [-0.3, -0.25) is 0 Å². The van der Waals surface area contributed by atoms with Crippen LogP contribution in [0.3, 0.4) is 0 Å². The Labute approximate surface area is 59.2 Å². The molecule has 0 aliphatic heterocycles. The minimum absolute atomic E-state index is 1.88. The first-order valence-electron chi connectivity index (χ1n) is 2.30. The Morgan fingerprint density at radius 2 is 1.82 bits per heavy atom. The van der Waals surface area contributed by atoms with Crippen molar-refractivity contribution < 1.29 is 32.5 Å². The Balaban J connectivity index is 3.73. The summed E-state index contributed by atoms with van der Waals surface area (Å²) in [6.45, 7) is 0. The van der Waals surface area contributed by atoms with Gasteiger partial charge in [0, 0.05) is 0 Å². The highest BCUT2D eigenvalue weighted by Crippen LogP contribution is 2.11. The van der Waals surface area contributed by atoms with E-state index in [4.69, 9.17) is 5.11 Å². The van der Waals surface area contributed by atoms with Crippen molar-refractivity contribution in [3.63, 3.8) is 0 Å². The number of carboxylic acid groups (broad SMARTS) is 1. The molecule has 11 heavy (non-hydrogen) atoms. The molecule has 8 heteroatoms. The molecule has 1 N–H and O–H groups in total. The summed E-state index contributed by atoms with van der Waals surface area (Å²) in [4.78, 5) is 19.4. The van der Waals surface area contributed by atoms with Crippen molar-refractivity contribution in [1.82, 2.24) is 0 Å². The van der Waals surface area contributed by atoms with Gasteiger partial charge in [0.1, 0.15) is 0 Å². The summed E-state index contributed by atoms with van der Waals surface area (Å²) >= 11 is 0. The third kappa shape index (κ3) is 5.25. The molecule has 0 aromatic rings. The Kier molecular flexibility index (Phi) is 2.91. The summed E-state index contributed by atoms with van der Waals surface area (Å²) in [5, 5.41) is 7.74. The molecule has 0 aromatic carbocycles. The Hall–Kier alpha value is -1.21. The van der Waals surface area contributed by atoms with Crippen LogP contribution in [0.15, 0.2) is 0 Å². The molecule has 0 aliphatic rings. The summed E-state index contributed by atoms with van der Waals surface area (Å²) in [5.74, 6) is -3.96. The lowest BCUT2D eigenvalue weighted by Gasteiger charge is -2.02. The standard InChI is InChI=1S/C3H2BF3O4/c5-3(6,7)4-11-2(10)1(8)9/h4H,(H,8,9). The molecule has 0 unspecified atom stereocenters. The van der Waals surface area contributed by atoms with Crippen molar-refractivity contribution in [1.29, 1.82) is 0 Å². The molecule has 4 nitrogen and oxygen atoms in total. The number of carbonyl (C=O) groups excluding carboxylic acids is 1.